The molecule has 0 saturated carbocycles. The molecule has 1 aromatic heterocycles. The van der Waals surface area contributed by atoms with Gasteiger partial charge in [0.2, 0.25) is 0 Å². The van der Waals surface area contributed by atoms with Crippen LogP contribution in [0.2, 0.25) is 0 Å². The van der Waals surface area contributed by atoms with Gasteiger partial charge in [-0.3, -0.25) is 0 Å². The van der Waals surface area contributed by atoms with Crippen LogP contribution in [0.15, 0.2) is 217 Å². The van der Waals surface area contributed by atoms with Gasteiger partial charge in [-0.05, 0) is 115 Å². The van der Waals surface area contributed by atoms with E-state index in [1.54, 1.807) is 0 Å². The Hall–Kier alpha value is -7.42. The molecule has 0 fully saturated rings. The molecule has 0 amide bonds. The Balaban J connectivity index is 1.10. The van der Waals surface area contributed by atoms with Gasteiger partial charge in [0.25, 0.3) is 0 Å². The van der Waals surface area contributed by atoms with Crippen molar-refractivity contribution in [1.29, 1.82) is 0 Å². The molecule has 0 radical (unpaired) electrons. The summed E-state index contributed by atoms with van der Waals surface area (Å²) in [6.07, 6.45) is 0. The molecule has 11 aromatic rings. The molecule has 10 aromatic carbocycles. The van der Waals surface area contributed by atoms with Crippen LogP contribution in [0.4, 0.5) is 17.1 Å². The van der Waals surface area contributed by atoms with Gasteiger partial charge >= 0.3 is 0 Å². The Morgan fingerprint density at radius 3 is 1.80 bits per heavy atom. The van der Waals surface area contributed by atoms with Crippen LogP contribution >= 0.6 is 0 Å². The molecule has 11 rings (SSSR count). The van der Waals surface area contributed by atoms with Crippen LogP contribution in [0.5, 0.6) is 0 Å². The number of rotatable bonds is 6. The van der Waals surface area contributed by atoms with E-state index in [1.807, 2.05) is 12.1 Å². The maximum atomic E-state index is 6.26. The molecule has 2 nitrogen and oxygen atoms in total. The molecule has 0 aliphatic heterocycles. The number of fused-ring (bicyclic) bond motifs is 7. The fourth-order valence-corrected chi connectivity index (χ4v) is 8.61. The second kappa shape index (κ2) is 13.2. The smallest absolute Gasteiger partial charge is 0.136 e. The summed E-state index contributed by atoms with van der Waals surface area (Å²) in [5.41, 5.74) is 12.1. The van der Waals surface area contributed by atoms with Gasteiger partial charge in [0.15, 0.2) is 0 Å². The van der Waals surface area contributed by atoms with Crippen LogP contribution in [-0.2, 0) is 0 Å². The molecule has 0 aliphatic rings. The molecule has 0 N–H and O–H groups in total. The van der Waals surface area contributed by atoms with E-state index in [0.717, 1.165) is 50.1 Å². The Bertz CT molecular complexity index is 3260. The SMILES string of the molecule is c1cc(-c2cc3ccccc3c3ccccc23)cc(N(c2ccc(-c3cccc4oc5ccccc5c34)cc2)c2ccccc2-c2ccc3ccccc3c2)c1. The summed E-state index contributed by atoms with van der Waals surface area (Å²) >= 11 is 0. The van der Waals surface area contributed by atoms with Gasteiger partial charge in [-0.15, -0.1) is 0 Å². The first-order valence-corrected chi connectivity index (χ1v) is 19.2. The summed E-state index contributed by atoms with van der Waals surface area (Å²) < 4.78 is 6.26. The minimum absolute atomic E-state index is 0.900. The highest BCUT2D eigenvalue weighted by atomic mass is 16.3. The number of hydrogen-bond donors (Lipinski definition) is 0. The molecule has 2 heteroatoms. The van der Waals surface area contributed by atoms with E-state index in [4.69, 9.17) is 4.42 Å². The zero-order valence-corrected chi connectivity index (χ0v) is 30.6. The summed E-state index contributed by atoms with van der Waals surface area (Å²) in [6, 6.07) is 76.6. The normalized spacial score (nSPS) is 11.6. The van der Waals surface area contributed by atoms with Gasteiger partial charge in [0, 0.05) is 27.7 Å². The third-order valence-electron chi connectivity index (χ3n) is 11.2. The number of hydrogen-bond acceptors (Lipinski definition) is 2. The highest BCUT2D eigenvalue weighted by Gasteiger charge is 2.20. The second-order valence-electron chi connectivity index (χ2n) is 14.5. The van der Waals surface area contributed by atoms with Crippen molar-refractivity contribution in [2.75, 3.05) is 4.90 Å². The van der Waals surface area contributed by atoms with Gasteiger partial charge in [0.05, 0.1) is 5.69 Å². The van der Waals surface area contributed by atoms with Gasteiger partial charge in [-0.1, -0.05) is 158 Å². The van der Waals surface area contributed by atoms with Crippen molar-refractivity contribution < 1.29 is 4.42 Å². The highest BCUT2D eigenvalue weighted by Crippen LogP contribution is 2.45. The predicted molar refractivity (Wildman–Crippen MR) is 237 cm³/mol. The Kier molecular flexibility index (Phi) is 7.53. The molecule has 0 saturated heterocycles. The van der Waals surface area contributed by atoms with Crippen LogP contribution < -0.4 is 4.90 Å². The first-order chi connectivity index (χ1) is 27.8. The summed E-state index contributed by atoms with van der Waals surface area (Å²) in [7, 11) is 0. The average Bonchev–Trinajstić information content (AvgIpc) is 3.66. The number of benzene rings is 10. The Morgan fingerprint density at radius 1 is 0.304 bits per heavy atom. The zero-order chi connectivity index (χ0) is 37.0. The Morgan fingerprint density at radius 2 is 0.929 bits per heavy atom. The summed E-state index contributed by atoms with van der Waals surface area (Å²) in [5, 5.41) is 9.75. The molecule has 0 unspecified atom stereocenters. The predicted octanol–water partition coefficient (Wildman–Crippen LogP) is 15.5. The number of anilines is 3. The van der Waals surface area contributed by atoms with E-state index in [9.17, 15) is 0 Å². The lowest BCUT2D eigenvalue weighted by atomic mass is 9.93. The molecule has 56 heavy (non-hydrogen) atoms. The molecular weight excluding hydrogens is 679 g/mol. The fourth-order valence-electron chi connectivity index (χ4n) is 8.61. The molecule has 0 bridgehead atoms. The lowest BCUT2D eigenvalue weighted by Gasteiger charge is -2.28. The van der Waals surface area contributed by atoms with Crippen molar-refractivity contribution >= 4 is 71.3 Å². The van der Waals surface area contributed by atoms with E-state index in [2.05, 4.69) is 205 Å². The minimum Gasteiger partial charge on any atom is -0.456 e. The van der Waals surface area contributed by atoms with Crippen molar-refractivity contribution in [3.05, 3.63) is 212 Å². The minimum atomic E-state index is 0.900. The average molecular weight is 714 g/mol. The fraction of sp³-hybridized carbons (Fsp3) is 0. The summed E-state index contributed by atoms with van der Waals surface area (Å²) in [5.74, 6) is 0. The van der Waals surface area contributed by atoms with Crippen LogP contribution in [0.3, 0.4) is 0 Å². The van der Waals surface area contributed by atoms with Crippen LogP contribution in [0, 0.1) is 0 Å². The monoisotopic (exact) mass is 713 g/mol. The molecule has 0 atom stereocenters. The van der Waals surface area contributed by atoms with Gasteiger partial charge in [-0.2, -0.15) is 0 Å². The third kappa shape index (κ3) is 5.34. The number of furan rings is 1. The quantitative estimate of drug-likeness (QED) is 0.160. The maximum absolute atomic E-state index is 6.26. The first kappa shape index (κ1) is 32.0. The van der Waals surface area contributed by atoms with Crippen LogP contribution in [-0.4, -0.2) is 0 Å². The first-order valence-electron chi connectivity index (χ1n) is 19.2. The van der Waals surface area contributed by atoms with Gasteiger partial charge in [0.1, 0.15) is 11.2 Å². The topological polar surface area (TPSA) is 16.4 Å². The molecular formula is C54H35NO. The number of nitrogens with zero attached hydrogens (tertiary/aromatic N) is 1. The van der Waals surface area contributed by atoms with Crippen LogP contribution in [0.25, 0.3) is 87.6 Å². The molecule has 0 spiro atoms. The summed E-state index contributed by atoms with van der Waals surface area (Å²) in [6.45, 7) is 0. The van der Waals surface area contributed by atoms with Gasteiger partial charge in [-0.25, -0.2) is 0 Å². The molecule has 0 aliphatic carbocycles. The van der Waals surface area contributed by atoms with Crippen molar-refractivity contribution in [3.8, 4) is 33.4 Å². The number of para-hydroxylation sites is 2. The van der Waals surface area contributed by atoms with Crippen molar-refractivity contribution in [2.45, 2.75) is 0 Å². The van der Waals surface area contributed by atoms with Crippen LogP contribution in [0.1, 0.15) is 0 Å². The van der Waals surface area contributed by atoms with E-state index in [-0.39, 0.29) is 0 Å². The highest BCUT2D eigenvalue weighted by molar-refractivity contribution is 6.14. The Labute approximate surface area is 325 Å². The van der Waals surface area contributed by atoms with Crippen molar-refractivity contribution in [1.82, 2.24) is 0 Å². The third-order valence-corrected chi connectivity index (χ3v) is 11.2. The van der Waals surface area contributed by atoms with E-state index in [1.165, 1.54) is 54.6 Å². The lowest BCUT2D eigenvalue weighted by molar-refractivity contribution is 0.669. The second-order valence-corrected chi connectivity index (χ2v) is 14.5. The molecule has 262 valence electrons. The van der Waals surface area contributed by atoms with Crippen molar-refractivity contribution in [2.24, 2.45) is 0 Å². The maximum Gasteiger partial charge on any atom is 0.136 e. The largest absolute Gasteiger partial charge is 0.456 e. The van der Waals surface area contributed by atoms with Gasteiger partial charge < -0.3 is 9.32 Å². The van der Waals surface area contributed by atoms with E-state index in [0.29, 0.717) is 0 Å². The lowest BCUT2D eigenvalue weighted by Crippen LogP contribution is -2.11. The molecule has 1 heterocycles. The standard InChI is InChI=1S/C54H35NO/c1-2-14-38-33-41(28-27-36(38)13-1)45-19-7-9-24-51(45)55(42-31-29-37(30-32-42)46-23-12-26-53-54(46)49-22-8-10-25-52(49)56-53)43-17-11-16-39(34-43)50-35-40-15-3-4-18-44(40)47-20-5-6-21-48(47)50/h1-35H. The van der Waals surface area contributed by atoms with Crippen molar-refractivity contribution in [3.63, 3.8) is 0 Å². The summed E-state index contributed by atoms with van der Waals surface area (Å²) in [4.78, 5) is 2.41. The zero-order valence-electron chi connectivity index (χ0n) is 30.6. The van der Waals surface area contributed by atoms with E-state index >= 15 is 0 Å². The van der Waals surface area contributed by atoms with E-state index < -0.39 is 0 Å².